The minimum Gasteiger partial charge on any atom is -0.377 e. The van der Waals surface area contributed by atoms with Gasteiger partial charge in [-0.1, -0.05) is 17.7 Å². The second kappa shape index (κ2) is 10.7. The number of Topliss-reactive ketones (excluding diaryl/α,β-unsaturated/α-hetero) is 1. The van der Waals surface area contributed by atoms with Gasteiger partial charge in [-0.05, 0) is 57.4 Å². The molecule has 39 heavy (non-hydrogen) atoms. The molecule has 202 valence electrons. The third-order valence-electron chi connectivity index (χ3n) is 7.33. The SMILES string of the molecule is CC(=O)c1nc(Cl)ccc1N[C@H](C)c1cc(C)cc2c(=O)n(C)c(N3CCC(c4cncc(C)n4)CC3)nc12. The summed E-state index contributed by atoms with van der Waals surface area (Å²) in [7, 11) is 1.78. The fourth-order valence-electron chi connectivity index (χ4n) is 5.34. The van der Waals surface area contributed by atoms with E-state index in [2.05, 4.69) is 25.2 Å². The zero-order valence-corrected chi connectivity index (χ0v) is 23.6. The fraction of sp³-hybridized carbons (Fsp3) is 0.379. The highest BCUT2D eigenvalue weighted by atomic mass is 35.5. The van der Waals surface area contributed by atoms with Gasteiger partial charge in [0.05, 0.1) is 34.0 Å². The average molecular weight is 546 g/mol. The van der Waals surface area contributed by atoms with Gasteiger partial charge in [-0.3, -0.25) is 24.1 Å². The van der Waals surface area contributed by atoms with E-state index < -0.39 is 0 Å². The first-order valence-electron chi connectivity index (χ1n) is 13.1. The summed E-state index contributed by atoms with van der Waals surface area (Å²) in [6, 6.07) is 7.07. The molecule has 3 aromatic heterocycles. The molecule has 1 aromatic carbocycles. The van der Waals surface area contributed by atoms with E-state index in [1.54, 1.807) is 29.9 Å². The van der Waals surface area contributed by atoms with E-state index >= 15 is 0 Å². The number of aromatic nitrogens is 5. The summed E-state index contributed by atoms with van der Waals surface area (Å²) in [6.07, 6.45) is 5.44. The number of rotatable bonds is 6. The highest BCUT2D eigenvalue weighted by Gasteiger charge is 2.26. The molecule has 1 N–H and O–H groups in total. The minimum absolute atomic E-state index is 0.0867. The van der Waals surface area contributed by atoms with Crippen LogP contribution in [0.1, 0.15) is 71.7 Å². The third kappa shape index (κ3) is 5.36. The predicted octanol–water partition coefficient (Wildman–Crippen LogP) is 5.15. The Kier molecular flexibility index (Phi) is 7.36. The lowest BCUT2D eigenvalue weighted by molar-refractivity contribution is 0.101. The lowest BCUT2D eigenvalue weighted by Crippen LogP contribution is -2.38. The second-order valence-electron chi connectivity index (χ2n) is 10.3. The van der Waals surface area contributed by atoms with Gasteiger partial charge in [-0.15, -0.1) is 0 Å². The van der Waals surface area contributed by atoms with Crippen LogP contribution >= 0.6 is 11.6 Å². The first-order chi connectivity index (χ1) is 18.6. The molecule has 0 bridgehead atoms. The Morgan fingerprint density at radius 3 is 2.54 bits per heavy atom. The maximum Gasteiger partial charge on any atom is 0.262 e. The number of pyridine rings is 1. The zero-order chi connectivity index (χ0) is 27.8. The van der Waals surface area contributed by atoms with E-state index in [9.17, 15) is 9.59 Å². The minimum atomic E-state index is -0.258. The van der Waals surface area contributed by atoms with Crippen molar-refractivity contribution in [3.63, 3.8) is 0 Å². The Morgan fingerprint density at radius 2 is 1.85 bits per heavy atom. The van der Waals surface area contributed by atoms with Crippen LogP contribution in [0.5, 0.6) is 0 Å². The van der Waals surface area contributed by atoms with Gasteiger partial charge in [0.1, 0.15) is 10.8 Å². The molecule has 1 atom stereocenters. The summed E-state index contributed by atoms with van der Waals surface area (Å²) < 4.78 is 1.65. The molecule has 1 aliphatic rings. The zero-order valence-electron chi connectivity index (χ0n) is 22.8. The number of halogens is 1. The highest BCUT2D eigenvalue weighted by molar-refractivity contribution is 6.29. The molecule has 1 fully saturated rings. The molecule has 0 radical (unpaired) electrons. The van der Waals surface area contributed by atoms with Crippen molar-refractivity contribution in [2.24, 2.45) is 7.05 Å². The number of carbonyl (C=O) groups is 1. The van der Waals surface area contributed by atoms with Gasteiger partial charge >= 0.3 is 0 Å². The van der Waals surface area contributed by atoms with Gasteiger partial charge in [0.15, 0.2) is 5.78 Å². The van der Waals surface area contributed by atoms with Crippen LogP contribution < -0.4 is 15.8 Å². The average Bonchev–Trinajstić information content (AvgIpc) is 2.91. The lowest BCUT2D eigenvalue weighted by atomic mass is 9.94. The number of aryl methyl sites for hydroxylation is 2. The molecule has 1 aliphatic heterocycles. The number of piperidine rings is 1. The van der Waals surface area contributed by atoms with Crippen LogP contribution in [-0.2, 0) is 7.05 Å². The molecular formula is C29H32ClN7O2. The second-order valence-corrected chi connectivity index (χ2v) is 10.7. The van der Waals surface area contributed by atoms with Gasteiger partial charge in [0.2, 0.25) is 5.95 Å². The highest BCUT2D eigenvalue weighted by Crippen LogP contribution is 2.31. The number of hydrogen-bond donors (Lipinski definition) is 1. The summed E-state index contributed by atoms with van der Waals surface area (Å²) in [5.41, 5.74) is 5.19. The van der Waals surface area contributed by atoms with E-state index in [-0.39, 0.29) is 28.2 Å². The molecule has 4 aromatic rings. The number of hydrogen-bond acceptors (Lipinski definition) is 8. The molecule has 0 saturated carbocycles. The Morgan fingerprint density at radius 1 is 1.10 bits per heavy atom. The van der Waals surface area contributed by atoms with E-state index in [0.717, 1.165) is 48.4 Å². The Hall–Kier alpha value is -3.85. The molecule has 0 unspecified atom stereocenters. The Labute approximate surface area is 232 Å². The largest absolute Gasteiger partial charge is 0.377 e. The lowest BCUT2D eigenvalue weighted by Gasteiger charge is -2.33. The van der Waals surface area contributed by atoms with E-state index in [1.807, 2.05) is 39.1 Å². The van der Waals surface area contributed by atoms with Crippen molar-refractivity contribution in [2.75, 3.05) is 23.3 Å². The molecular weight excluding hydrogens is 514 g/mol. The van der Waals surface area contributed by atoms with E-state index in [4.69, 9.17) is 16.6 Å². The van der Waals surface area contributed by atoms with Gasteiger partial charge < -0.3 is 10.2 Å². The first-order valence-corrected chi connectivity index (χ1v) is 13.5. The summed E-state index contributed by atoms with van der Waals surface area (Å²) in [5.74, 6) is 0.795. The number of carbonyl (C=O) groups excluding carboxylic acids is 1. The Bertz CT molecular complexity index is 1630. The monoisotopic (exact) mass is 545 g/mol. The van der Waals surface area contributed by atoms with Gasteiger partial charge in [0.25, 0.3) is 5.56 Å². The van der Waals surface area contributed by atoms with Crippen LogP contribution in [0.15, 0.2) is 41.5 Å². The molecule has 10 heteroatoms. The standard InChI is InChI=1S/C29H32ClN7O2/c1-16-12-21(18(3)33-23-6-7-25(30)34-26(23)19(4)38)27-22(13-16)28(39)36(5)29(35-27)37-10-8-20(9-11-37)24-15-31-14-17(2)32-24/h6-7,12-15,18,20,33H,8-11H2,1-5H3/t18-/m1/s1. The summed E-state index contributed by atoms with van der Waals surface area (Å²) in [6.45, 7) is 8.90. The normalized spacial score (nSPS) is 15.0. The molecule has 0 amide bonds. The van der Waals surface area contributed by atoms with Crippen LogP contribution in [0.25, 0.3) is 10.9 Å². The van der Waals surface area contributed by atoms with Crippen molar-refractivity contribution < 1.29 is 4.79 Å². The van der Waals surface area contributed by atoms with Crippen LogP contribution in [0, 0.1) is 13.8 Å². The van der Waals surface area contributed by atoms with Crippen molar-refractivity contribution in [1.29, 1.82) is 0 Å². The van der Waals surface area contributed by atoms with Crippen molar-refractivity contribution in [3.8, 4) is 0 Å². The molecule has 4 heterocycles. The molecule has 5 rings (SSSR count). The molecule has 0 spiro atoms. The quantitative estimate of drug-likeness (QED) is 0.262. The number of ketones is 1. The van der Waals surface area contributed by atoms with E-state index in [0.29, 0.717) is 28.5 Å². The number of benzene rings is 1. The predicted molar refractivity (Wildman–Crippen MR) is 154 cm³/mol. The van der Waals surface area contributed by atoms with Crippen LogP contribution in [0.2, 0.25) is 5.15 Å². The van der Waals surface area contributed by atoms with Gasteiger partial charge in [-0.2, -0.15) is 0 Å². The van der Waals surface area contributed by atoms with Crippen LogP contribution in [0.4, 0.5) is 11.6 Å². The van der Waals surface area contributed by atoms with Crippen LogP contribution in [-0.4, -0.2) is 43.4 Å². The smallest absolute Gasteiger partial charge is 0.262 e. The van der Waals surface area contributed by atoms with Crippen molar-refractivity contribution in [1.82, 2.24) is 24.5 Å². The van der Waals surface area contributed by atoms with Crippen molar-refractivity contribution in [2.45, 2.75) is 52.5 Å². The summed E-state index contributed by atoms with van der Waals surface area (Å²) in [5, 5.41) is 4.22. The number of nitrogens with zero attached hydrogens (tertiary/aromatic N) is 6. The fourth-order valence-corrected chi connectivity index (χ4v) is 5.49. The number of fused-ring (bicyclic) bond motifs is 1. The summed E-state index contributed by atoms with van der Waals surface area (Å²) >= 11 is 6.04. The number of nitrogens with one attached hydrogen (secondary N) is 1. The maximum atomic E-state index is 13.6. The van der Waals surface area contributed by atoms with Crippen molar-refractivity contribution in [3.05, 3.63) is 80.4 Å². The molecule has 1 saturated heterocycles. The van der Waals surface area contributed by atoms with Crippen molar-refractivity contribution >= 4 is 39.9 Å². The summed E-state index contributed by atoms with van der Waals surface area (Å²) in [4.78, 5) is 46.2. The van der Waals surface area contributed by atoms with Gasteiger partial charge in [0, 0.05) is 50.9 Å². The Balaban J connectivity index is 1.49. The van der Waals surface area contributed by atoms with Gasteiger partial charge in [-0.25, -0.2) is 9.97 Å². The molecule has 0 aliphatic carbocycles. The molecule has 9 nitrogen and oxygen atoms in total. The van der Waals surface area contributed by atoms with E-state index in [1.165, 1.54) is 6.92 Å². The maximum absolute atomic E-state index is 13.6. The van der Waals surface area contributed by atoms with Crippen LogP contribution in [0.3, 0.4) is 0 Å². The topological polar surface area (TPSA) is 106 Å². The third-order valence-corrected chi connectivity index (χ3v) is 7.54. The number of anilines is 2. The first kappa shape index (κ1) is 26.7.